The quantitative estimate of drug-likeness (QED) is 0.830. The zero-order valence-corrected chi connectivity index (χ0v) is 15.5. The molecule has 5 nitrogen and oxygen atoms in total. The second-order valence-corrected chi connectivity index (χ2v) is 8.69. The van der Waals surface area contributed by atoms with Crippen LogP contribution in [0.2, 0.25) is 0 Å². The van der Waals surface area contributed by atoms with E-state index in [4.69, 9.17) is 0 Å². The standard InChI is InChI=1S/C16H23N3O2S2/c1-18(2)14-9-7-13(8-10-14)15(19(3)4)12-17-23(20,21)16-6-5-11-22-16/h5-11,15,17H,12H2,1-4H3. The number of likely N-dealkylation sites (N-methyl/N-ethyl adjacent to an activating group) is 1. The predicted molar refractivity (Wildman–Crippen MR) is 96.7 cm³/mol. The van der Waals surface area contributed by atoms with Crippen LogP contribution in [0.3, 0.4) is 0 Å². The first-order valence-corrected chi connectivity index (χ1v) is 9.64. The number of anilines is 1. The van der Waals surface area contributed by atoms with Gasteiger partial charge in [-0.3, -0.25) is 0 Å². The number of hydrogen-bond donors (Lipinski definition) is 1. The fraction of sp³-hybridized carbons (Fsp3) is 0.375. The van der Waals surface area contributed by atoms with Crippen LogP contribution in [0, 0.1) is 0 Å². The molecule has 2 rings (SSSR count). The fourth-order valence-electron chi connectivity index (χ4n) is 2.27. The number of nitrogens with zero attached hydrogens (tertiary/aromatic N) is 2. The Morgan fingerprint density at radius 2 is 1.74 bits per heavy atom. The Labute approximate surface area is 142 Å². The van der Waals surface area contributed by atoms with Crippen molar-refractivity contribution in [3.63, 3.8) is 0 Å². The number of thiophene rings is 1. The highest BCUT2D eigenvalue weighted by Gasteiger charge is 2.20. The van der Waals surface area contributed by atoms with Crippen LogP contribution >= 0.6 is 11.3 Å². The monoisotopic (exact) mass is 353 g/mol. The average molecular weight is 354 g/mol. The fourth-order valence-corrected chi connectivity index (χ4v) is 4.35. The first-order chi connectivity index (χ1) is 10.8. The molecule has 0 saturated heterocycles. The van der Waals surface area contributed by atoms with E-state index >= 15 is 0 Å². The molecule has 0 saturated carbocycles. The van der Waals surface area contributed by atoms with Gasteiger partial charge in [0.2, 0.25) is 10.0 Å². The molecule has 0 bridgehead atoms. The third-order valence-corrected chi connectivity index (χ3v) is 6.47. The number of rotatable bonds is 7. The lowest BCUT2D eigenvalue weighted by molar-refractivity contribution is 0.299. The van der Waals surface area contributed by atoms with Crippen molar-refractivity contribution < 1.29 is 8.42 Å². The van der Waals surface area contributed by atoms with Gasteiger partial charge < -0.3 is 9.80 Å². The van der Waals surface area contributed by atoms with Crippen molar-refractivity contribution in [1.82, 2.24) is 9.62 Å². The second-order valence-electron chi connectivity index (χ2n) is 5.75. The second kappa shape index (κ2) is 7.44. The van der Waals surface area contributed by atoms with Crippen molar-refractivity contribution in [1.29, 1.82) is 0 Å². The molecular formula is C16H23N3O2S2. The van der Waals surface area contributed by atoms with Crippen LogP contribution in [0.1, 0.15) is 11.6 Å². The largest absolute Gasteiger partial charge is 0.378 e. The Morgan fingerprint density at radius 3 is 2.22 bits per heavy atom. The van der Waals surface area contributed by atoms with Crippen molar-refractivity contribution in [3.8, 4) is 0 Å². The Morgan fingerprint density at radius 1 is 1.09 bits per heavy atom. The van der Waals surface area contributed by atoms with E-state index < -0.39 is 10.0 Å². The number of nitrogens with one attached hydrogen (secondary N) is 1. The summed E-state index contributed by atoms with van der Waals surface area (Å²) in [6.07, 6.45) is 0. The molecule has 0 radical (unpaired) electrons. The van der Waals surface area contributed by atoms with E-state index in [0.29, 0.717) is 10.8 Å². The summed E-state index contributed by atoms with van der Waals surface area (Å²) in [6, 6.07) is 11.5. The number of hydrogen-bond acceptors (Lipinski definition) is 5. The minimum absolute atomic E-state index is 0.0269. The molecule has 1 N–H and O–H groups in total. The van der Waals surface area contributed by atoms with Gasteiger partial charge in [0.15, 0.2) is 0 Å². The molecule has 1 atom stereocenters. The van der Waals surface area contributed by atoms with Crippen molar-refractivity contribution in [2.45, 2.75) is 10.3 Å². The molecule has 0 aliphatic heterocycles. The van der Waals surface area contributed by atoms with Gasteiger partial charge in [0.05, 0.1) is 0 Å². The van der Waals surface area contributed by atoms with Crippen molar-refractivity contribution in [2.24, 2.45) is 0 Å². The molecule has 1 heterocycles. The van der Waals surface area contributed by atoms with E-state index in [9.17, 15) is 8.42 Å². The van der Waals surface area contributed by atoms with Crippen LogP contribution in [0.5, 0.6) is 0 Å². The predicted octanol–water partition coefficient (Wildman–Crippen LogP) is 2.40. The normalized spacial score (nSPS) is 13.3. The van der Waals surface area contributed by atoms with Crippen LogP contribution in [-0.2, 0) is 10.0 Å². The summed E-state index contributed by atoms with van der Waals surface area (Å²) in [5.41, 5.74) is 2.19. The Bertz CT molecular complexity index is 708. The minimum atomic E-state index is -3.44. The maximum absolute atomic E-state index is 12.3. The van der Waals surface area contributed by atoms with Crippen LogP contribution in [0.25, 0.3) is 0 Å². The first-order valence-electron chi connectivity index (χ1n) is 7.28. The van der Waals surface area contributed by atoms with E-state index in [2.05, 4.69) is 4.72 Å². The summed E-state index contributed by atoms with van der Waals surface area (Å²) in [5.74, 6) is 0. The van der Waals surface area contributed by atoms with Crippen LogP contribution in [-0.4, -0.2) is 48.1 Å². The van der Waals surface area contributed by atoms with Gasteiger partial charge >= 0.3 is 0 Å². The highest BCUT2D eigenvalue weighted by atomic mass is 32.2. The lowest BCUT2D eigenvalue weighted by atomic mass is 10.1. The molecule has 23 heavy (non-hydrogen) atoms. The molecule has 0 aliphatic rings. The molecule has 0 spiro atoms. The third kappa shape index (κ3) is 4.54. The molecule has 1 aromatic carbocycles. The Balaban J connectivity index is 2.13. The smallest absolute Gasteiger partial charge is 0.250 e. The number of benzene rings is 1. The van der Waals surface area contributed by atoms with Crippen LogP contribution in [0.15, 0.2) is 46.0 Å². The molecular weight excluding hydrogens is 330 g/mol. The number of sulfonamides is 1. The van der Waals surface area contributed by atoms with E-state index in [1.807, 2.05) is 62.3 Å². The van der Waals surface area contributed by atoms with Gasteiger partial charge in [-0.1, -0.05) is 18.2 Å². The summed E-state index contributed by atoms with van der Waals surface area (Å²) in [5, 5.41) is 1.76. The summed E-state index contributed by atoms with van der Waals surface area (Å²) < 4.78 is 27.6. The molecule has 0 amide bonds. The molecule has 1 unspecified atom stereocenters. The van der Waals surface area contributed by atoms with Gasteiger partial charge in [0.1, 0.15) is 4.21 Å². The minimum Gasteiger partial charge on any atom is -0.378 e. The summed E-state index contributed by atoms with van der Waals surface area (Å²) in [7, 11) is 4.44. The van der Waals surface area contributed by atoms with Gasteiger partial charge in [-0.2, -0.15) is 0 Å². The Hall–Kier alpha value is -1.41. The molecule has 126 valence electrons. The topological polar surface area (TPSA) is 52.7 Å². The van der Waals surface area contributed by atoms with Crippen molar-refractivity contribution in [2.75, 3.05) is 39.6 Å². The van der Waals surface area contributed by atoms with E-state index in [1.54, 1.807) is 17.5 Å². The van der Waals surface area contributed by atoms with Gasteiger partial charge in [-0.05, 0) is 43.2 Å². The SMILES string of the molecule is CN(C)c1ccc(C(CNS(=O)(=O)c2cccs2)N(C)C)cc1. The zero-order chi connectivity index (χ0) is 17.0. The van der Waals surface area contributed by atoms with Gasteiger partial charge in [0, 0.05) is 32.4 Å². The maximum Gasteiger partial charge on any atom is 0.250 e. The summed E-state index contributed by atoms with van der Waals surface area (Å²) in [6.45, 7) is 0.328. The molecule has 0 aliphatic carbocycles. The third-order valence-electron chi connectivity index (χ3n) is 3.64. The molecule has 7 heteroatoms. The van der Waals surface area contributed by atoms with Crippen molar-refractivity contribution in [3.05, 3.63) is 47.3 Å². The van der Waals surface area contributed by atoms with E-state index in [-0.39, 0.29) is 6.04 Å². The van der Waals surface area contributed by atoms with Gasteiger partial charge in [-0.15, -0.1) is 11.3 Å². The van der Waals surface area contributed by atoms with E-state index in [1.165, 1.54) is 11.3 Å². The first kappa shape index (κ1) is 17.9. The summed E-state index contributed by atoms with van der Waals surface area (Å²) in [4.78, 5) is 4.05. The lowest BCUT2D eigenvalue weighted by Crippen LogP contribution is -2.34. The maximum atomic E-state index is 12.3. The molecule has 1 aromatic heterocycles. The highest BCUT2D eigenvalue weighted by molar-refractivity contribution is 7.91. The Kier molecular flexibility index (Phi) is 5.80. The zero-order valence-electron chi connectivity index (χ0n) is 13.9. The van der Waals surface area contributed by atoms with Crippen molar-refractivity contribution >= 4 is 27.0 Å². The summed E-state index contributed by atoms with van der Waals surface area (Å²) >= 11 is 1.22. The average Bonchev–Trinajstić information content (AvgIpc) is 3.02. The van der Waals surface area contributed by atoms with Gasteiger partial charge in [0.25, 0.3) is 0 Å². The molecule has 0 fully saturated rings. The van der Waals surface area contributed by atoms with E-state index in [0.717, 1.165) is 11.3 Å². The van der Waals surface area contributed by atoms with Gasteiger partial charge in [-0.25, -0.2) is 13.1 Å². The molecule has 2 aromatic rings. The van der Waals surface area contributed by atoms with Crippen LogP contribution in [0.4, 0.5) is 5.69 Å². The highest BCUT2D eigenvalue weighted by Crippen LogP contribution is 2.22. The van der Waals surface area contributed by atoms with Crippen LogP contribution < -0.4 is 9.62 Å². The lowest BCUT2D eigenvalue weighted by Gasteiger charge is -2.25.